The van der Waals surface area contributed by atoms with Crippen LogP contribution in [-0.2, 0) is 22.6 Å². The zero-order chi connectivity index (χ0) is 19.1. The van der Waals surface area contributed by atoms with Crippen molar-refractivity contribution in [1.82, 2.24) is 15.5 Å². The Morgan fingerprint density at radius 3 is 2.63 bits per heavy atom. The van der Waals surface area contributed by atoms with E-state index in [1.807, 2.05) is 24.3 Å². The highest BCUT2D eigenvalue weighted by molar-refractivity contribution is 6.35. The molecule has 0 spiro atoms. The fraction of sp³-hybridized carbons (Fsp3) is 0.400. The molecule has 7 heteroatoms. The van der Waals surface area contributed by atoms with E-state index >= 15 is 0 Å². The Labute approximate surface area is 158 Å². The van der Waals surface area contributed by atoms with Crippen LogP contribution in [0.25, 0.3) is 0 Å². The minimum absolute atomic E-state index is 0.0289. The standard InChI is InChI=1S/C20H25N3O4/c24-11-4-9-21-19(25)20(26)22-13-17(18-7-3-12-27-18)23-10-8-15-5-1-2-6-16(15)14-23/h1-3,5-7,12,17,24H,4,8-11,13-14H2,(H,21,25)(H,22,26)/t17-/m1/s1. The van der Waals surface area contributed by atoms with Gasteiger partial charge in [-0.05, 0) is 36.1 Å². The molecule has 0 saturated heterocycles. The highest BCUT2D eigenvalue weighted by Gasteiger charge is 2.27. The van der Waals surface area contributed by atoms with Crippen LogP contribution in [0, 0.1) is 0 Å². The summed E-state index contributed by atoms with van der Waals surface area (Å²) in [5.41, 5.74) is 2.62. The zero-order valence-corrected chi connectivity index (χ0v) is 15.2. The highest BCUT2D eigenvalue weighted by atomic mass is 16.3. The Bertz CT molecular complexity index is 760. The van der Waals surface area contributed by atoms with Crippen molar-refractivity contribution in [2.45, 2.75) is 25.4 Å². The number of nitrogens with one attached hydrogen (secondary N) is 2. The lowest BCUT2D eigenvalue weighted by Crippen LogP contribution is -2.45. The third-order valence-electron chi connectivity index (χ3n) is 4.76. The molecule has 0 saturated carbocycles. The van der Waals surface area contributed by atoms with Gasteiger partial charge in [0.15, 0.2) is 0 Å². The number of carbonyl (C=O) groups is 2. The first kappa shape index (κ1) is 19.1. The molecule has 0 radical (unpaired) electrons. The Morgan fingerprint density at radius 1 is 1.11 bits per heavy atom. The summed E-state index contributed by atoms with van der Waals surface area (Å²) >= 11 is 0. The smallest absolute Gasteiger partial charge is 0.309 e. The molecule has 1 aliphatic rings. The largest absolute Gasteiger partial charge is 0.468 e. The van der Waals surface area contributed by atoms with Crippen molar-refractivity contribution in [3.8, 4) is 0 Å². The van der Waals surface area contributed by atoms with E-state index in [2.05, 4.69) is 27.7 Å². The molecule has 0 aliphatic carbocycles. The Morgan fingerprint density at radius 2 is 1.89 bits per heavy atom. The number of fused-ring (bicyclic) bond motifs is 1. The van der Waals surface area contributed by atoms with Crippen LogP contribution in [0.2, 0.25) is 0 Å². The lowest BCUT2D eigenvalue weighted by molar-refractivity contribution is -0.139. The minimum Gasteiger partial charge on any atom is -0.468 e. The van der Waals surface area contributed by atoms with E-state index < -0.39 is 11.8 Å². The Kier molecular flexibility index (Phi) is 6.62. The number of hydrogen-bond acceptors (Lipinski definition) is 5. The lowest BCUT2D eigenvalue weighted by atomic mass is 9.98. The van der Waals surface area contributed by atoms with Crippen molar-refractivity contribution >= 4 is 11.8 Å². The van der Waals surface area contributed by atoms with Gasteiger partial charge in [0, 0.05) is 32.8 Å². The normalized spacial score (nSPS) is 15.0. The van der Waals surface area contributed by atoms with Gasteiger partial charge in [-0.2, -0.15) is 0 Å². The monoisotopic (exact) mass is 371 g/mol. The first-order valence-electron chi connectivity index (χ1n) is 9.20. The highest BCUT2D eigenvalue weighted by Crippen LogP contribution is 2.27. The van der Waals surface area contributed by atoms with Crippen LogP contribution in [0.4, 0.5) is 0 Å². The van der Waals surface area contributed by atoms with E-state index in [4.69, 9.17) is 9.52 Å². The maximum Gasteiger partial charge on any atom is 0.309 e. The van der Waals surface area contributed by atoms with E-state index in [1.54, 1.807) is 6.26 Å². The van der Waals surface area contributed by atoms with Gasteiger partial charge in [-0.15, -0.1) is 0 Å². The minimum atomic E-state index is -0.689. The maximum absolute atomic E-state index is 12.1. The maximum atomic E-state index is 12.1. The summed E-state index contributed by atoms with van der Waals surface area (Å²) in [7, 11) is 0. The summed E-state index contributed by atoms with van der Waals surface area (Å²) in [6.07, 6.45) is 2.97. The third kappa shape index (κ3) is 4.96. The van der Waals surface area contributed by atoms with Crippen molar-refractivity contribution in [2.75, 3.05) is 26.2 Å². The van der Waals surface area contributed by atoms with Gasteiger partial charge in [0.2, 0.25) is 0 Å². The van der Waals surface area contributed by atoms with E-state index in [1.165, 1.54) is 11.1 Å². The molecule has 2 aromatic rings. The molecular weight excluding hydrogens is 346 g/mol. The molecule has 1 aliphatic heterocycles. The number of furan rings is 1. The molecule has 27 heavy (non-hydrogen) atoms. The van der Waals surface area contributed by atoms with Crippen LogP contribution in [-0.4, -0.2) is 48.1 Å². The zero-order valence-electron chi connectivity index (χ0n) is 15.2. The summed E-state index contributed by atoms with van der Waals surface area (Å²) in [5.74, 6) is -0.608. The second-order valence-electron chi connectivity index (χ2n) is 6.56. The van der Waals surface area contributed by atoms with Gasteiger partial charge in [-0.3, -0.25) is 14.5 Å². The van der Waals surface area contributed by atoms with E-state index in [-0.39, 0.29) is 25.7 Å². The topological polar surface area (TPSA) is 94.8 Å². The average molecular weight is 371 g/mol. The van der Waals surface area contributed by atoms with Crippen LogP contribution < -0.4 is 10.6 Å². The molecule has 3 rings (SSSR count). The van der Waals surface area contributed by atoms with E-state index in [0.29, 0.717) is 6.42 Å². The number of aliphatic hydroxyl groups excluding tert-OH is 1. The molecule has 144 valence electrons. The molecule has 2 amide bonds. The SMILES string of the molecule is O=C(NCCCO)C(=O)NC[C@H](c1ccco1)N1CCc2ccccc2C1. The number of nitrogens with zero attached hydrogens (tertiary/aromatic N) is 1. The van der Waals surface area contributed by atoms with Crippen molar-refractivity contribution in [3.05, 3.63) is 59.5 Å². The number of amides is 2. The van der Waals surface area contributed by atoms with Crippen LogP contribution in [0.1, 0.15) is 29.3 Å². The first-order chi connectivity index (χ1) is 13.2. The quantitative estimate of drug-likeness (QED) is 0.498. The number of aliphatic hydroxyl groups is 1. The Balaban J connectivity index is 1.63. The first-order valence-corrected chi connectivity index (χ1v) is 9.20. The number of rotatable bonds is 7. The second-order valence-corrected chi connectivity index (χ2v) is 6.56. The van der Waals surface area contributed by atoms with E-state index in [9.17, 15) is 9.59 Å². The van der Waals surface area contributed by atoms with Gasteiger partial charge in [-0.25, -0.2) is 0 Å². The van der Waals surface area contributed by atoms with Gasteiger partial charge in [0.1, 0.15) is 5.76 Å². The second kappa shape index (κ2) is 9.34. The van der Waals surface area contributed by atoms with E-state index in [0.717, 1.165) is 25.3 Å². The summed E-state index contributed by atoms with van der Waals surface area (Å²) in [6.45, 7) is 2.13. The van der Waals surface area contributed by atoms with Gasteiger partial charge >= 0.3 is 11.8 Å². The van der Waals surface area contributed by atoms with Gasteiger partial charge < -0.3 is 20.2 Å². The van der Waals surface area contributed by atoms with Crippen molar-refractivity contribution in [3.63, 3.8) is 0 Å². The number of benzene rings is 1. The van der Waals surface area contributed by atoms with Crippen LogP contribution in [0.15, 0.2) is 47.1 Å². The molecule has 1 aromatic carbocycles. The molecular formula is C20H25N3O4. The fourth-order valence-corrected chi connectivity index (χ4v) is 3.30. The molecule has 0 bridgehead atoms. The summed E-state index contributed by atoms with van der Waals surface area (Å²) in [5, 5.41) is 13.9. The lowest BCUT2D eigenvalue weighted by Gasteiger charge is -2.34. The number of carbonyl (C=O) groups excluding carboxylic acids is 2. The summed E-state index contributed by atoms with van der Waals surface area (Å²) in [6, 6.07) is 11.9. The fourth-order valence-electron chi connectivity index (χ4n) is 3.30. The average Bonchev–Trinajstić information content (AvgIpc) is 3.22. The Hall–Kier alpha value is -2.64. The molecule has 0 fully saturated rings. The molecule has 2 heterocycles. The molecule has 1 aromatic heterocycles. The summed E-state index contributed by atoms with van der Waals surface area (Å²) < 4.78 is 5.59. The van der Waals surface area contributed by atoms with Crippen molar-refractivity contribution in [2.24, 2.45) is 0 Å². The van der Waals surface area contributed by atoms with Crippen LogP contribution >= 0.6 is 0 Å². The number of hydrogen-bond donors (Lipinski definition) is 3. The van der Waals surface area contributed by atoms with Gasteiger partial charge in [0.25, 0.3) is 0 Å². The van der Waals surface area contributed by atoms with Crippen molar-refractivity contribution < 1.29 is 19.1 Å². The molecule has 7 nitrogen and oxygen atoms in total. The van der Waals surface area contributed by atoms with Crippen LogP contribution in [0.3, 0.4) is 0 Å². The van der Waals surface area contributed by atoms with Gasteiger partial charge in [-0.1, -0.05) is 24.3 Å². The molecule has 0 unspecified atom stereocenters. The predicted molar refractivity (Wildman–Crippen MR) is 99.7 cm³/mol. The summed E-state index contributed by atoms with van der Waals surface area (Å²) in [4.78, 5) is 26.1. The van der Waals surface area contributed by atoms with Crippen molar-refractivity contribution in [1.29, 1.82) is 0 Å². The predicted octanol–water partition coefficient (Wildman–Crippen LogP) is 0.994. The third-order valence-corrected chi connectivity index (χ3v) is 4.76. The van der Waals surface area contributed by atoms with Gasteiger partial charge in [0.05, 0.1) is 12.3 Å². The molecule has 3 N–H and O–H groups in total. The van der Waals surface area contributed by atoms with Crippen LogP contribution in [0.5, 0.6) is 0 Å². The molecule has 1 atom stereocenters.